The van der Waals surface area contributed by atoms with E-state index < -0.39 is 5.97 Å². The van der Waals surface area contributed by atoms with Crippen molar-refractivity contribution in [1.82, 2.24) is 0 Å². The molecule has 1 saturated heterocycles. The molecule has 0 unspecified atom stereocenters. The van der Waals surface area contributed by atoms with Crippen LogP contribution in [0.5, 0.6) is 0 Å². The van der Waals surface area contributed by atoms with Crippen molar-refractivity contribution in [2.45, 2.75) is 13.8 Å². The zero-order chi connectivity index (χ0) is 18.1. The summed E-state index contributed by atoms with van der Waals surface area (Å²) in [6, 6.07) is 12.4. The fourth-order valence-corrected chi connectivity index (χ4v) is 3.97. The highest BCUT2D eigenvalue weighted by molar-refractivity contribution is 8.27. The average molecular weight is 369 g/mol. The van der Waals surface area contributed by atoms with Crippen molar-refractivity contribution in [2.75, 3.05) is 4.90 Å². The average Bonchev–Trinajstić information content (AvgIpc) is 2.82. The van der Waals surface area contributed by atoms with E-state index in [0.29, 0.717) is 14.8 Å². The Labute approximate surface area is 155 Å². The molecule has 25 heavy (non-hydrogen) atoms. The van der Waals surface area contributed by atoms with Crippen molar-refractivity contribution < 1.29 is 14.7 Å². The summed E-state index contributed by atoms with van der Waals surface area (Å²) in [5, 5.41) is 9.29. The lowest BCUT2D eigenvalue weighted by Crippen LogP contribution is -2.28. The van der Waals surface area contributed by atoms with Gasteiger partial charge in [-0.1, -0.05) is 59.9 Å². The van der Waals surface area contributed by atoms with Gasteiger partial charge in [-0.05, 0) is 43.2 Å². The third kappa shape index (κ3) is 3.36. The molecule has 6 heteroatoms. The molecule has 1 aliphatic heterocycles. The molecule has 2 aromatic rings. The van der Waals surface area contributed by atoms with Crippen molar-refractivity contribution in [3.8, 4) is 0 Å². The van der Waals surface area contributed by atoms with Gasteiger partial charge >= 0.3 is 5.97 Å². The van der Waals surface area contributed by atoms with E-state index in [1.165, 1.54) is 22.7 Å². The Morgan fingerprint density at radius 2 is 1.92 bits per heavy atom. The van der Waals surface area contributed by atoms with Crippen LogP contribution < -0.4 is 4.90 Å². The van der Waals surface area contributed by atoms with Gasteiger partial charge in [-0.3, -0.25) is 9.69 Å². The number of anilines is 1. The Bertz CT molecular complexity index is 934. The van der Waals surface area contributed by atoms with Crippen LogP contribution in [0, 0.1) is 13.8 Å². The van der Waals surface area contributed by atoms with E-state index in [9.17, 15) is 14.7 Å². The minimum absolute atomic E-state index is 0.152. The van der Waals surface area contributed by atoms with Crippen LogP contribution in [0.3, 0.4) is 0 Å². The maximum absolute atomic E-state index is 12.8. The number of hydrogen-bond acceptors (Lipinski definition) is 4. The third-order valence-corrected chi connectivity index (χ3v) is 5.17. The molecule has 4 nitrogen and oxygen atoms in total. The second-order valence-electron chi connectivity index (χ2n) is 5.70. The highest BCUT2D eigenvalue weighted by Crippen LogP contribution is 2.37. The number of thioether (sulfide) groups is 1. The molecule has 0 aliphatic carbocycles. The predicted octanol–water partition coefficient (Wildman–Crippen LogP) is 4.41. The van der Waals surface area contributed by atoms with E-state index in [1.807, 2.05) is 32.0 Å². The normalized spacial score (nSPS) is 15.9. The number of carboxylic acid groups (broad SMARTS) is 1. The largest absolute Gasteiger partial charge is 0.478 e. The van der Waals surface area contributed by atoms with Gasteiger partial charge in [0.15, 0.2) is 4.32 Å². The van der Waals surface area contributed by atoms with Gasteiger partial charge < -0.3 is 5.11 Å². The molecule has 1 fully saturated rings. The Kier molecular flexibility index (Phi) is 4.74. The van der Waals surface area contributed by atoms with E-state index in [4.69, 9.17) is 12.2 Å². The van der Waals surface area contributed by atoms with Crippen LogP contribution >= 0.6 is 24.0 Å². The molecule has 0 spiro atoms. The predicted molar refractivity (Wildman–Crippen MR) is 105 cm³/mol. The van der Waals surface area contributed by atoms with Gasteiger partial charge in [0.2, 0.25) is 0 Å². The van der Waals surface area contributed by atoms with Gasteiger partial charge in [0.25, 0.3) is 5.91 Å². The minimum Gasteiger partial charge on any atom is -0.478 e. The first-order chi connectivity index (χ1) is 11.9. The standard InChI is InChI=1S/C19H15NO3S2/c1-11-7-8-15(12(2)9-11)20-17(21)16(25-19(20)24)10-13-5-3-4-6-14(13)18(22)23/h3-10H,1-2H3,(H,22,23)/b16-10+. The molecular formula is C19H15NO3S2. The van der Waals surface area contributed by atoms with E-state index in [2.05, 4.69) is 0 Å². The molecule has 0 aromatic heterocycles. The second-order valence-corrected chi connectivity index (χ2v) is 7.38. The Hall–Kier alpha value is -2.44. The summed E-state index contributed by atoms with van der Waals surface area (Å²) in [4.78, 5) is 26.1. The SMILES string of the molecule is Cc1ccc(N2C(=O)/C(=C\c3ccccc3C(=O)O)SC2=S)c(C)c1. The van der Waals surface area contributed by atoms with Crippen LogP contribution in [0.15, 0.2) is 47.4 Å². The summed E-state index contributed by atoms with van der Waals surface area (Å²) >= 11 is 6.56. The number of rotatable bonds is 3. The fraction of sp³-hybridized carbons (Fsp3) is 0.105. The molecule has 0 saturated carbocycles. The van der Waals surface area contributed by atoms with Gasteiger partial charge in [0, 0.05) is 0 Å². The van der Waals surface area contributed by atoms with Gasteiger partial charge in [0.1, 0.15) is 0 Å². The van der Waals surface area contributed by atoms with Crippen LogP contribution in [0.1, 0.15) is 27.0 Å². The maximum Gasteiger partial charge on any atom is 0.336 e. The number of aryl methyl sites for hydroxylation is 2. The van der Waals surface area contributed by atoms with Gasteiger partial charge in [-0.2, -0.15) is 0 Å². The fourth-order valence-electron chi connectivity index (χ4n) is 2.69. The number of carbonyl (C=O) groups is 2. The van der Waals surface area contributed by atoms with Gasteiger partial charge in [-0.15, -0.1) is 0 Å². The highest BCUT2D eigenvalue weighted by Gasteiger charge is 2.34. The number of nitrogens with zero attached hydrogens (tertiary/aromatic N) is 1. The highest BCUT2D eigenvalue weighted by atomic mass is 32.2. The van der Waals surface area contributed by atoms with Gasteiger partial charge in [-0.25, -0.2) is 4.79 Å². The molecule has 2 aromatic carbocycles. The summed E-state index contributed by atoms with van der Waals surface area (Å²) in [5.74, 6) is -1.26. The number of carbonyl (C=O) groups excluding carboxylic acids is 1. The molecule has 0 atom stereocenters. The van der Waals surface area contributed by atoms with E-state index in [-0.39, 0.29) is 11.5 Å². The summed E-state index contributed by atoms with van der Waals surface area (Å²) < 4.78 is 0.441. The quantitative estimate of drug-likeness (QED) is 0.642. The number of benzene rings is 2. The molecule has 1 heterocycles. The molecular weight excluding hydrogens is 354 g/mol. The lowest BCUT2D eigenvalue weighted by Gasteiger charge is -2.17. The van der Waals surface area contributed by atoms with Crippen molar-refractivity contribution in [2.24, 2.45) is 0 Å². The van der Waals surface area contributed by atoms with Crippen molar-refractivity contribution >= 4 is 51.9 Å². The Morgan fingerprint density at radius 3 is 2.60 bits per heavy atom. The topological polar surface area (TPSA) is 57.6 Å². The molecule has 0 radical (unpaired) electrons. The van der Waals surface area contributed by atoms with E-state index >= 15 is 0 Å². The minimum atomic E-state index is -1.03. The zero-order valence-electron chi connectivity index (χ0n) is 13.6. The summed E-state index contributed by atoms with van der Waals surface area (Å²) in [6.07, 6.45) is 1.59. The van der Waals surface area contributed by atoms with Crippen molar-refractivity contribution in [3.05, 3.63) is 69.6 Å². The van der Waals surface area contributed by atoms with Crippen LogP contribution in [-0.2, 0) is 4.79 Å². The Balaban J connectivity index is 2.01. The number of thiocarbonyl (C=S) groups is 1. The molecule has 1 amide bonds. The summed E-state index contributed by atoms with van der Waals surface area (Å²) in [5.41, 5.74) is 3.46. The lowest BCUT2D eigenvalue weighted by atomic mass is 10.1. The number of amides is 1. The number of carboxylic acids is 1. The summed E-state index contributed by atoms with van der Waals surface area (Å²) in [6.45, 7) is 3.92. The Morgan fingerprint density at radius 1 is 1.20 bits per heavy atom. The summed E-state index contributed by atoms with van der Waals surface area (Å²) in [7, 11) is 0. The third-order valence-electron chi connectivity index (χ3n) is 3.86. The second kappa shape index (κ2) is 6.82. The van der Waals surface area contributed by atoms with E-state index in [1.54, 1.807) is 24.3 Å². The van der Waals surface area contributed by atoms with Crippen molar-refractivity contribution in [1.29, 1.82) is 0 Å². The molecule has 1 aliphatic rings. The zero-order valence-corrected chi connectivity index (χ0v) is 15.3. The van der Waals surface area contributed by atoms with Crippen LogP contribution in [0.4, 0.5) is 5.69 Å². The lowest BCUT2D eigenvalue weighted by molar-refractivity contribution is -0.113. The molecule has 126 valence electrons. The first-order valence-electron chi connectivity index (χ1n) is 7.56. The maximum atomic E-state index is 12.8. The van der Waals surface area contributed by atoms with Crippen LogP contribution in [0.25, 0.3) is 6.08 Å². The molecule has 3 rings (SSSR count). The monoisotopic (exact) mass is 369 g/mol. The van der Waals surface area contributed by atoms with Crippen LogP contribution in [-0.4, -0.2) is 21.3 Å². The molecule has 1 N–H and O–H groups in total. The van der Waals surface area contributed by atoms with Crippen LogP contribution in [0.2, 0.25) is 0 Å². The number of aromatic carboxylic acids is 1. The van der Waals surface area contributed by atoms with E-state index in [0.717, 1.165) is 16.8 Å². The molecule has 0 bridgehead atoms. The first-order valence-corrected chi connectivity index (χ1v) is 8.78. The van der Waals surface area contributed by atoms with Crippen molar-refractivity contribution in [3.63, 3.8) is 0 Å². The number of hydrogen-bond donors (Lipinski definition) is 1. The van der Waals surface area contributed by atoms with Gasteiger partial charge in [0.05, 0.1) is 16.2 Å². The smallest absolute Gasteiger partial charge is 0.336 e. The first kappa shape index (κ1) is 17.4.